The summed E-state index contributed by atoms with van der Waals surface area (Å²) >= 11 is 1.48. The summed E-state index contributed by atoms with van der Waals surface area (Å²) in [7, 11) is 0. The van der Waals surface area contributed by atoms with E-state index in [1.807, 2.05) is 12.3 Å². The fraction of sp³-hybridized carbons (Fsp3) is 0.353. The van der Waals surface area contributed by atoms with Crippen LogP contribution in [0.2, 0.25) is 0 Å². The molecule has 1 saturated heterocycles. The van der Waals surface area contributed by atoms with Gasteiger partial charge < -0.3 is 9.32 Å². The van der Waals surface area contributed by atoms with E-state index in [2.05, 4.69) is 9.88 Å². The molecular weight excluding hydrogens is 340 g/mol. The predicted octanol–water partition coefficient (Wildman–Crippen LogP) is 1.62. The standard InChI is InChI=1S/C17H18N4O3S/c1-12-11-25-17-18-13(9-15(22)21(12)17)10-19-4-6-20(7-5-19)16(23)14-3-2-8-24-14/h2-3,8-9,11H,4-7,10H2,1H3. The molecule has 3 aromatic rings. The SMILES string of the molecule is Cc1csc2nc(CN3CCN(C(=O)c4ccco4)CC3)cc(=O)n12. The van der Waals surface area contributed by atoms with Crippen LogP contribution >= 0.6 is 11.3 Å². The molecule has 0 saturated carbocycles. The van der Waals surface area contributed by atoms with Crippen LogP contribution in [-0.2, 0) is 6.54 Å². The molecule has 1 aliphatic heterocycles. The van der Waals surface area contributed by atoms with Gasteiger partial charge in [0.05, 0.1) is 12.0 Å². The molecular formula is C17H18N4O3S. The van der Waals surface area contributed by atoms with Crippen LogP contribution in [0.4, 0.5) is 0 Å². The average molecular weight is 358 g/mol. The summed E-state index contributed by atoms with van der Waals surface area (Å²) in [6.45, 7) is 5.29. The quantitative estimate of drug-likeness (QED) is 0.711. The van der Waals surface area contributed by atoms with Crippen LogP contribution < -0.4 is 5.56 Å². The third-order valence-electron chi connectivity index (χ3n) is 4.41. The maximum Gasteiger partial charge on any atom is 0.289 e. The van der Waals surface area contributed by atoms with E-state index in [1.54, 1.807) is 27.5 Å². The minimum atomic E-state index is -0.0727. The molecule has 0 spiro atoms. The molecule has 0 atom stereocenters. The van der Waals surface area contributed by atoms with Crippen molar-refractivity contribution in [1.82, 2.24) is 19.2 Å². The summed E-state index contributed by atoms with van der Waals surface area (Å²) in [4.78, 5) is 33.8. The van der Waals surface area contributed by atoms with Gasteiger partial charge in [0.2, 0.25) is 0 Å². The molecule has 130 valence electrons. The van der Waals surface area contributed by atoms with Gasteiger partial charge in [-0.25, -0.2) is 4.98 Å². The number of aryl methyl sites for hydroxylation is 1. The van der Waals surface area contributed by atoms with E-state index < -0.39 is 0 Å². The van der Waals surface area contributed by atoms with Gasteiger partial charge in [0.15, 0.2) is 10.7 Å². The molecule has 0 unspecified atom stereocenters. The minimum absolute atomic E-state index is 0.0367. The molecule has 0 N–H and O–H groups in total. The van der Waals surface area contributed by atoms with Crippen molar-refractivity contribution in [3.63, 3.8) is 0 Å². The Morgan fingerprint density at radius 1 is 1.32 bits per heavy atom. The number of nitrogens with zero attached hydrogens (tertiary/aromatic N) is 4. The maximum absolute atomic E-state index is 12.3. The van der Waals surface area contributed by atoms with Gasteiger partial charge in [-0.05, 0) is 19.1 Å². The summed E-state index contributed by atoms with van der Waals surface area (Å²) in [6.07, 6.45) is 1.51. The Balaban J connectivity index is 1.42. The zero-order valence-electron chi connectivity index (χ0n) is 13.8. The highest BCUT2D eigenvalue weighted by molar-refractivity contribution is 7.15. The van der Waals surface area contributed by atoms with Gasteiger partial charge in [-0.15, -0.1) is 11.3 Å². The first-order valence-electron chi connectivity index (χ1n) is 8.14. The minimum Gasteiger partial charge on any atom is -0.459 e. The molecule has 8 heteroatoms. The lowest BCUT2D eigenvalue weighted by atomic mass is 10.2. The van der Waals surface area contributed by atoms with E-state index >= 15 is 0 Å². The van der Waals surface area contributed by atoms with Crippen molar-refractivity contribution >= 4 is 22.2 Å². The third-order valence-corrected chi connectivity index (χ3v) is 5.35. The van der Waals surface area contributed by atoms with Gasteiger partial charge in [0.25, 0.3) is 11.5 Å². The molecule has 0 aliphatic carbocycles. The summed E-state index contributed by atoms with van der Waals surface area (Å²) in [5.74, 6) is 0.304. The number of rotatable bonds is 3. The molecule has 1 amide bonds. The lowest BCUT2D eigenvalue weighted by Crippen LogP contribution is -2.48. The van der Waals surface area contributed by atoms with Crippen molar-refractivity contribution in [2.75, 3.05) is 26.2 Å². The van der Waals surface area contributed by atoms with Crippen molar-refractivity contribution in [3.05, 3.63) is 57.3 Å². The van der Waals surface area contributed by atoms with E-state index in [4.69, 9.17) is 4.42 Å². The van der Waals surface area contributed by atoms with Crippen LogP contribution in [-0.4, -0.2) is 51.3 Å². The molecule has 4 rings (SSSR count). The van der Waals surface area contributed by atoms with E-state index in [9.17, 15) is 9.59 Å². The third kappa shape index (κ3) is 3.10. The van der Waals surface area contributed by atoms with Crippen molar-refractivity contribution < 1.29 is 9.21 Å². The van der Waals surface area contributed by atoms with Crippen LogP contribution in [0.25, 0.3) is 4.96 Å². The number of fused-ring (bicyclic) bond motifs is 1. The van der Waals surface area contributed by atoms with Gasteiger partial charge in [-0.2, -0.15) is 0 Å². The zero-order valence-corrected chi connectivity index (χ0v) is 14.7. The maximum atomic E-state index is 12.3. The summed E-state index contributed by atoms with van der Waals surface area (Å²) < 4.78 is 6.81. The Bertz CT molecular complexity index is 952. The second-order valence-electron chi connectivity index (χ2n) is 6.13. The first kappa shape index (κ1) is 16.0. The highest BCUT2D eigenvalue weighted by atomic mass is 32.1. The molecule has 0 aromatic carbocycles. The monoisotopic (exact) mass is 358 g/mol. The smallest absolute Gasteiger partial charge is 0.289 e. The summed E-state index contributed by atoms with van der Waals surface area (Å²) in [5.41, 5.74) is 1.65. The van der Waals surface area contributed by atoms with Crippen LogP contribution in [0.5, 0.6) is 0 Å². The van der Waals surface area contributed by atoms with Crippen molar-refractivity contribution in [2.45, 2.75) is 13.5 Å². The number of piperazine rings is 1. The molecule has 1 aliphatic rings. The largest absolute Gasteiger partial charge is 0.459 e. The molecule has 1 fully saturated rings. The van der Waals surface area contributed by atoms with E-state index in [-0.39, 0.29) is 11.5 Å². The lowest BCUT2D eigenvalue weighted by molar-refractivity contribution is 0.0596. The molecule has 4 heterocycles. The Kier molecular flexibility index (Phi) is 4.14. The van der Waals surface area contributed by atoms with Crippen LogP contribution in [0.1, 0.15) is 21.9 Å². The normalized spacial score (nSPS) is 15.8. The van der Waals surface area contributed by atoms with Crippen molar-refractivity contribution in [3.8, 4) is 0 Å². The average Bonchev–Trinajstić information content (AvgIpc) is 3.25. The number of carbonyl (C=O) groups is 1. The van der Waals surface area contributed by atoms with Crippen LogP contribution in [0, 0.1) is 6.92 Å². The molecule has 3 aromatic heterocycles. The van der Waals surface area contributed by atoms with Gasteiger partial charge in [0, 0.05) is 49.9 Å². The summed E-state index contributed by atoms with van der Waals surface area (Å²) in [6, 6.07) is 5.01. The predicted molar refractivity (Wildman–Crippen MR) is 94.0 cm³/mol. The molecule has 0 bridgehead atoms. The number of hydrogen-bond acceptors (Lipinski definition) is 6. The van der Waals surface area contributed by atoms with Gasteiger partial charge >= 0.3 is 0 Å². The van der Waals surface area contributed by atoms with Crippen molar-refractivity contribution in [1.29, 1.82) is 0 Å². The molecule has 25 heavy (non-hydrogen) atoms. The second-order valence-corrected chi connectivity index (χ2v) is 6.96. The summed E-state index contributed by atoms with van der Waals surface area (Å²) in [5, 5.41) is 1.94. The van der Waals surface area contributed by atoms with E-state index in [0.717, 1.165) is 29.4 Å². The number of aromatic nitrogens is 2. The number of carbonyl (C=O) groups excluding carboxylic acids is 1. The number of thiazole rings is 1. The number of hydrogen-bond donors (Lipinski definition) is 0. The van der Waals surface area contributed by atoms with Crippen LogP contribution in [0.15, 0.2) is 39.1 Å². The van der Waals surface area contributed by atoms with Crippen molar-refractivity contribution in [2.24, 2.45) is 0 Å². The Hall–Kier alpha value is -2.45. The van der Waals surface area contributed by atoms with E-state index in [0.29, 0.717) is 25.4 Å². The Morgan fingerprint density at radius 2 is 2.12 bits per heavy atom. The van der Waals surface area contributed by atoms with Gasteiger partial charge in [-0.3, -0.25) is 18.9 Å². The fourth-order valence-corrected chi connectivity index (χ4v) is 3.97. The number of amides is 1. The van der Waals surface area contributed by atoms with Crippen LogP contribution in [0.3, 0.4) is 0 Å². The first-order valence-corrected chi connectivity index (χ1v) is 9.02. The Morgan fingerprint density at radius 3 is 2.84 bits per heavy atom. The topological polar surface area (TPSA) is 71.1 Å². The molecule has 7 nitrogen and oxygen atoms in total. The second kappa shape index (κ2) is 6.45. The zero-order chi connectivity index (χ0) is 17.4. The lowest BCUT2D eigenvalue weighted by Gasteiger charge is -2.34. The van der Waals surface area contributed by atoms with Gasteiger partial charge in [-0.1, -0.05) is 0 Å². The highest BCUT2D eigenvalue weighted by Gasteiger charge is 2.24. The molecule has 0 radical (unpaired) electrons. The first-order chi connectivity index (χ1) is 12.1. The number of furan rings is 1. The van der Waals surface area contributed by atoms with Gasteiger partial charge in [0.1, 0.15) is 0 Å². The highest BCUT2D eigenvalue weighted by Crippen LogP contribution is 2.14. The van der Waals surface area contributed by atoms with E-state index in [1.165, 1.54) is 17.6 Å². The Labute approximate surface area is 148 Å². The fourth-order valence-electron chi connectivity index (χ4n) is 3.08.